The largest absolute Gasteiger partial charge is 0.373 e. The number of Topliss-reactive ketones (excluding diaryl/α,β-unsaturated/α-hetero) is 1. The second-order valence-corrected chi connectivity index (χ2v) is 7.15. The molecule has 0 fully saturated rings. The van der Waals surface area contributed by atoms with Crippen LogP contribution in [0.1, 0.15) is 36.4 Å². The van der Waals surface area contributed by atoms with E-state index in [1.54, 1.807) is 18.3 Å². The summed E-state index contributed by atoms with van der Waals surface area (Å²) in [6, 6.07) is 14.1. The van der Waals surface area contributed by atoms with Crippen molar-refractivity contribution in [3.8, 4) is 0 Å². The number of nitrogens with one attached hydrogen (secondary N) is 1. The number of anilines is 1. The van der Waals surface area contributed by atoms with Gasteiger partial charge in [0.1, 0.15) is 0 Å². The van der Waals surface area contributed by atoms with Crippen molar-refractivity contribution in [3.05, 3.63) is 81.5 Å². The van der Waals surface area contributed by atoms with Crippen molar-refractivity contribution in [2.75, 3.05) is 5.32 Å². The summed E-state index contributed by atoms with van der Waals surface area (Å²) in [6.07, 6.45) is 3.97. The molecule has 2 aliphatic rings. The number of nitro benzene ring substituents is 1. The lowest BCUT2D eigenvalue weighted by Crippen LogP contribution is -2.27. The summed E-state index contributed by atoms with van der Waals surface area (Å²) in [5, 5.41) is 15.5. The number of fused-ring (bicyclic) bond motifs is 4. The van der Waals surface area contributed by atoms with E-state index in [0.717, 1.165) is 51.7 Å². The molecule has 28 heavy (non-hydrogen) atoms. The van der Waals surface area contributed by atoms with E-state index in [1.165, 1.54) is 12.1 Å². The van der Waals surface area contributed by atoms with Crippen LogP contribution >= 0.6 is 0 Å². The number of benzene rings is 2. The molecule has 0 saturated carbocycles. The average molecular weight is 371 g/mol. The Morgan fingerprint density at radius 2 is 1.89 bits per heavy atom. The molecule has 1 aliphatic carbocycles. The van der Waals surface area contributed by atoms with Gasteiger partial charge in [-0.2, -0.15) is 0 Å². The number of hydrogen-bond acceptors (Lipinski definition) is 5. The van der Waals surface area contributed by atoms with Gasteiger partial charge in [0, 0.05) is 47.0 Å². The van der Waals surface area contributed by atoms with Crippen LogP contribution in [0.25, 0.3) is 16.5 Å². The molecule has 6 nitrogen and oxygen atoms in total. The number of nitrogens with zero attached hydrogens (tertiary/aromatic N) is 2. The van der Waals surface area contributed by atoms with E-state index in [1.807, 2.05) is 24.3 Å². The van der Waals surface area contributed by atoms with Crippen LogP contribution in [0.5, 0.6) is 0 Å². The number of carbonyl (C=O) groups is 1. The molecular weight excluding hydrogens is 354 g/mol. The van der Waals surface area contributed by atoms with Crippen LogP contribution in [0.3, 0.4) is 0 Å². The number of rotatable bonds is 2. The zero-order valence-corrected chi connectivity index (χ0v) is 15.0. The first-order valence-corrected chi connectivity index (χ1v) is 9.29. The van der Waals surface area contributed by atoms with Gasteiger partial charge in [0.25, 0.3) is 5.69 Å². The fourth-order valence-electron chi connectivity index (χ4n) is 4.32. The molecule has 1 aromatic heterocycles. The maximum atomic E-state index is 12.9. The third-order valence-electron chi connectivity index (χ3n) is 5.57. The van der Waals surface area contributed by atoms with Crippen molar-refractivity contribution >= 4 is 33.6 Å². The van der Waals surface area contributed by atoms with Gasteiger partial charge in [-0.3, -0.25) is 19.9 Å². The minimum atomic E-state index is -0.414. The topological polar surface area (TPSA) is 85.1 Å². The number of ketones is 1. The molecule has 138 valence electrons. The summed E-state index contributed by atoms with van der Waals surface area (Å²) in [5.74, 6) is 0.142. The summed E-state index contributed by atoms with van der Waals surface area (Å²) in [7, 11) is 0. The first-order chi connectivity index (χ1) is 13.6. The van der Waals surface area contributed by atoms with Crippen LogP contribution in [-0.4, -0.2) is 15.7 Å². The monoisotopic (exact) mass is 371 g/mol. The van der Waals surface area contributed by atoms with Crippen molar-refractivity contribution < 1.29 is 9.72 Å². The Kier molecular flexibility index (Phi) is 3.72. The van der Waals surface area contributed by atoms with Crippen molar-refractivity contribution in [1.82, 2.24) is 4.98 Å². The molecule has 6 heteroatoms. The molecule has 0 amide bonds. The molecule has 1 atom stereocenters. The van der Waals surface area contributed by atoms with Crippen LogP contribution in [0.15, 0.2) is 60.3 Å². The molecule has 0 radical (unpaired) electrons. The highest BCUT2D eigenvalue weighted by Gasteiger charge is 2.35. The molecule has 0 bridgehead atoms. The summed E-state index contributed by atoms with van der Waals surface area (Å²) >= 11 is 0. The highest BCUT2D eigenvalue weighted by Crippen LogP contribution is 2.47. The smallest absolute Gasteiger partial charge is 0.269 e. The van der Waals surface area contributed by atoms with E-state index < -0.39 is 4.92 Å². The average Bonchev–Trinajstić information content (AvgIpc) is 2.73. The van der Waals surface area contributed by atoms with Crippen LogP contribution in [0, 0.1) is 10.1 Å². The maximum absolute atomic E-state index is 12.9. The van der Waals surface area contributed by atoms with Gasteiger partial charge in [0.05, 0.1) is 16.5 Å². The van der Waals surface area contributed by atoms with Gasteiger partial charge < -0.3 is 5.32 Å². The standard InChI is InChI=1S/C22H17N3O3/c26-19-5-1-3-16-20-15-4-2-12-23-17(15)10-11-18(20)24-22(21(16)19)13-6-8-14(9-7-13)25(27)28/h2,4,6-12,22,24H,1,3,5H2. The summed E-state index contributed by atoms with van der Waals surface area (Å²) in [6.45, 7) is 0. The normalized spacial score (nSPS) is 18.4. The van der Waals surface area contributed by atoms with E-state index in [9.17, 15) is 14.9 Å². The summed E-state index contributed by atoms with van der Waals surface area (Å²) in [4.78, 5) is 27.9. The second-order valence-electron chi connectivity index (χ2n) is 7.15. The van der Waals surface area contributed by atoms with Gasteiger partial charge in [-0.15, -0.1) is 0 Å². The Balaban J connectivity index is 1.72. The molecule has 1 N–H and O–H groups in total. The van der Waals surface area contributed by atoms with Gasteiger partial charge in [-0.05, 0) is 54.3 Å². The summed E-state index contributed by atoms with van der Waals surface area (Å²) in [5.41, 5.74) is 5.69. The van der Waals surface area contributed by atoms with Crippen LogP contribution in [-0.2, 0) is 4.79 Å². The van der Waals surface area contributed by atoms with E-state index in [0.29, 0.717) is 6.42 Å². The SMILES string of the molecule is O=C1CCCC2=C1C(c1ccc([N+](=O)[O-])cc1)Nc1ccc3ncccc3c12. The lowest BCUT2D eigenvalue weighted by molar-refractivity contribution is -0.384. The Morgan fingerprint density at radius 1 is 1.07 bits per heavy atom. The molecular formula is C22H17N3O3. The Morgan fingerprint density at radius 3 is 2.68 bits per heavy atom. The van der Waals surface area contributed by atoms with E-state index in [-0.39, 0.29) is 17.5 Å². The molecule has 0 saturated heterocycles. The molecule has 2 heterocycles. The lowest BCUT2D eigenvalue weighted by atomic mass is 9.77. The van der Waals surface area contributed by atoms with Crippen molar-refractivity contribution in [2.24, 2.45) is 0 Å². The Bertz CT molecular complexity index is 1170. The predicted octanol–water partition coefficient (Wildman–Crippen LogP) is 4.82. The van der Waals surface area contributed by atoms with E-state index in [2.05, 4.69) is 10.3 Å². The fourth-order valence-corrected chi connectivity index (χ4v) is 4.32. The first kappa shape index (κ1) is 16.6. The van der Waals surface area contributed by atoms with Crippen LogP contribution < -0.4 is 5.32 Å². The lowest BCUT2D eigenvalue weighted by Gasteiger charge is -2.35. The fraction of sp³-hybridized carbons (Fsp3) is 0.182. The van der Waals surface area contributed by atoms with E-state index in [4.69, 9.17) is 0 Å². The number of allylic oxidation sites excluding steroid dienone is 1. The quantitative estimate of drug-likeness (QED) is 0.516. The number of carbonyl (C=O) groups excluding carboxylic acids is 1. The second kappa shape index (κ2) is 6.27. The molecule has 0 spiro atoms. The van der Waals surface area contributed by atoms with Gasteiger partial charge in [-0.1, -0.05) is 6.07 Å². The number of non-ortho nitro benzene ring substituents is 1. The number of aromatic nitrogens is 1. The molecule has 1 unspecified atom stereocenters. The van der Waals surface area contributed by atoms with Gasteiger partial charge in [0.2, 0.25) is 0 Å². The van der Waals surface area contributed by atoms with Gasteiger partial charge >= 0.3 is 0 Å². The predicted molar refractivity (Wildman–Crippen MR) is 107 cm³/mol. The number of hydrogen-bond donors (Lipinski definition) is 1. The van der Waals surface area contributed by atoms with Gasteiger partial charge in [0.15, 0.2) is 5.78 Å². The van der Waals surface area contributed by atoms with Crippen molar-refractivity contribution in [3.63, 3.8) is 0 Å². The van der Waals surface area contributed by atoms with Gasteiger partial charge in [-0.25, -0.2) is 0 Å². The zero-order valence-electron chi connectivity index (χ0n) is 15.0. The highest BCUT2D eigenvalue weighted by molar-refractivity contribution is 6.12. The summed E-state index contributed by atoms with van der Waals surface area (Å²) < 4.78 is 0. The third kappa shape index (κ3) is 2.49. The van der Waals surface area contributed by atoms with Crippen LogP contribution in [0.2, 0.25) is 0 Å². The Labute approximate surface area is 161 Å². The minimum Gasteiger partial charge on any atom is -0.373 e. The zero-order chi connectivity index (χ0) is 19.3. The van der Waals surface area contributed by atoms with Crippen molar-refractivity contribution in [2.45, 2.75) is 25.3 Å². The number of nitro groups is 1. The minimum absolute atomic E-state index is 0.0428. The molecule has 2 aromatic carbocycles. The third-order valence-corrected chi connectivity index (χ3v) is 5.57. The van der Waals surface area contributed by atoms with Crippen LogP contribution in [0.4, 0.5) is 11.4 Å². The molecule has 5 rings (SSSR count). The van der Waals surface area contributed by atoms with E-state index >= 15 is 0 Å². The highest BCUT2D eigenvalue weighted by atomic mass is 16.6. The number of pyridine rings is 1. The first-order valence-electron chi connectivity index (χ1n) is 9.29. The van der Waals surface area contributed by atoms with Crippen molar-refractivity contribution in [1.29, 1.82) is 0 Å². The molecule has 3 aromatic rings. The molecule has 1 aliphatic heterocycles. The maximum Gasteiger partial charge on any atom is 0.269 e. The Hall–Kier alpha value is -3.54.